The lowest BCUT2D eigenvalue weighted by atomic mass is 9.83. The van der Waals surface area contributed by atoms with E-state index >= 15 is 0 Å². The van der Waals surface area contributed by atoms with E-state index in [1.165, 1.54) is 5.56 Å². The second-order valence-electron chi connectivity index (χ2n) is 7.99. The maximum absolute atomic E-state index is 12.9. The van der Waals surface area contributed by atoms with Crippen molar-refractivity contribution in [2.24, 2.45) is 17.8 Å². The zero-order valence-electron chi connectivity index (χ0n) is 15.9. The minimum Gasteiger partial charge on any atom is -0.381 e. The van der Waals surface area contributed by atoms with E-state index in [2.05, 4.69) is 49.1 Å². The number of hydrogen-bond acceptors (Lipinski definition) is 3. The summed E-state index contributed by atoms with van der Waals surface area (Å²) in [6.45, 7) is 9.07. The van der Waals surface area contributed by atoms with E-state index < -0.39 is 0 Å². The van der Waals surface area contributed by atoms with Crippen LogP contribution in [0, 0.1) is 17.8 Å². The van der Waals surface area contributed by atoms with Crippen molar-refractivity contribution in [3.05, 3.63) is 35.9 Å². The van der Waals surface area contributed by atoms with Crippen molar-refractivity contribution in [2.45, 2.75) is 39.3 Å². The molecule has 0 N–H and O–H groups in total. The molecular weight excluding hydrogens is 312 g/mol. The normalized spacial score (nSPS) is 30.8. The van der Waals surface area contributed by atoms with Crippen LogP contribution >= 0.6 is 0 Å². The van der Waals surface area contributed by atoms with Crippen LogP contribution in [0.15, 0.2) is 30.3 Å². The average Bonchev–Trinajstić information content (AvgIpc) is 2.62. The van der Waals surface area contributed by atoms with Gasteiger partial charge in [-0.3, -0.25) is 9.69 Å². The maximum Gasteiger partial charge on any atom is 0.228 e. The Hall–Kier alpha value is -1.39. The summed E-state index contributed by atoms with van der Waals surface area (Å²) in [5.74, 6) is 1.29. The summed E-state index contributed by atoms with van der Waals surface area (Å²) in [6, 6.07) is 11.0. The zero-order chi connectivity index (χ0) is 17.8. The standard InChI is InChI=1S/C21H32N2O2/c1-16-12-23(14-18-8-5-4-6-9-18)13-17(2)20(16)22(3)21(24)19-10-7-11-25-15-19/h4-6,8-9,16-17,19-20H,7,10-15H2,1-3H3/t16-,17+,19-,20?/m0/s1. The summed E-state index contributed by atoms with van der Waals surface area (Å²) in [4.78, 5) is 17.5. The van der Waals surface area contributed by atoms with Gasteiger partial charge in [0.1, 0.15) is 0 Å². The molecule has 3 rings (SSSR count). The number of amides is 1. The molecule has 25 heavy (non-hydrogen) atoms. The van der Waals surface area contributed by atoms with Crippen LogP contribution in [0.3, 0.4) is 0 Å². The van der Waals surface area contributed by atoms with Gasteiger partial charge in [0.15, 0.2) is 0 Å². The maximum atomic E-state index is 12.9. The first-order chi connectivity index (χ1) is 12.1. The molecule has 2 heterocycles. The summed E-state index contributed by atoms with van der Waals surface area (Å²) >= 11 is 0. The number of ether oxygens (including phenoxy) is 1. The molecule has 1 aromatic rings. The van der Waals surface area contributed by atoms with Crippen molar-refractivity contribution in [1.82, 2.24) is 9.80 Å². The van der Waals surface area contributed by atoms with Crippen LogP contribution in [0.25, 0.3) is 0 Å². The Balaban J connectivity index is 1.60. The highest BCUT2D eigenvalue weighted by Crippen LogP contribution is 2.29. The summed E-state index contributed by atoms with van der Waals surface area (Å²) < 4.78 is 5.52. The van der Waals surface area contributed by atoms with Gasteiger partial charge in [-0.15, -0.1) is 0 Å². The van der Waals surface area contributed by atoms with Crippen molar-refractivity contribution >= 4 is 5.91 Å². The summed E-state index contributed by atoms with van der Waals surface area (Å²) in [7, 11) is 2.00. The van der Waals surface area contributed by atoms with Gasteiger partial charge in [0.2, 0.25) is 5.91 Å². The first-order valence-electron chi connectivity index (χ1n) is 9.67. The van der Waals surface area contributed by atoms with Crippen molar-refractivity contribution < 1.29 is 9.53 Å². The van der Waals surface area contributed by atoms with Gasteiger partial charge in [-0.1, -0.05) is 44.2 Å². The highest BCUT2D eigenvalue weighted by molar-refractivity contribution is 5.79. The van der Waals surface area contributed by atoms with E-state index in [9.17, 15) is 4.79 Å². The Morgan fingerprint density at radius 3 is 2.48 bits per heavy atom. The fourth-order valence-corrected chi connectivity index (χ4v) is 4.77. The van der Waals surface area contributed by atoms with Crippen molar-refractivity contribution in [3.8, 4) is 0 Å². The highest BCUT2D eigenvalue weighted by Gasteiger charge is 2.38. The van der Waals surface area contributed by atoms with E-state index in [1.807, 2.05) is 11.9 Å². The number of carbonyl (C=O) groups is 1. The highest BCUT2D eigenvalue weighted by atomic mass is 16.5. The summed E-state index contributed by atoms with van der Waals surface area (Å²) in [5.41, 5.74) is 1.36. The number of hydrogen-bond donors (Lipinski definition) is 0. The molecule has 0 aromatic heterocycles. The summed E-state index contributed by atoms with van der Waals surface area (Å²) in [5, 5.41) is 0. The molecule has 0 aliphatic carbocycles. The topological polar surface area (TPSA) is 32.8 Å². The molecule has 0 saturated carbocycles. The Kier molecular flexibility index (Phi) is 6.13. The molecule has 4 nitrogen and oxygen atoms in total. The van der Waals surface area contributed by atoms with Gasteiger partial charge in [-0.2, -0.15) is 0 Å². The third-order valence-corrected chi connectivity index (χ3v) is 5.81. The monoisotopic (exact) mass is 344 g/mol. The molecule has 0 spiro atoms. The predicted molar refractivity (Wildman–Crippen MR) is 100 cm³/mol. The molecule has 138 valence electrons. The van der Waals surface area contributed by atoms with Crippen LogP contribution in [-0.4, -0.2) is 55.1 Å². The van der Waals surface area contributed by atoms with Gasteiger partial charge in [0, 0.05) is 39.3 Å². The minimum atomic E-state index is 0.0560. The quantitative estimate of drug-likeness (QED) is 0.842. The molecule has 1 amide bonds. The molecule has 4 atom stereocenters. The lowest BCUT2D eigenvalue weighted by molar-refractivity contribution is -0.144. The average molecular weight is 344 g/mol. The van der Waals surface area contributed by atoms with Crippen molar-refractivity contribution in [2.75, 3.05) is 33.4 Å². The first kappa shape index (κ1) is 18.4. The third-order valence-electron chi connectivity index (χ3n) is 5.81. The number of carbonyl (C=O) groups excluding carboxylic acids is 1. The van der Waals surface area contributed by atoms with E-state index in [0.29, 0.717) is 24.5 Å². The van der Waals surface area contributed by atoms with Crippen LogP contribution in [0.2, 0.25) is 0 Å². The number of nitrogens with zero attached hydrogens (tertiary/aromatic N) is 2. The molecule has 2 aliphatic rings. The van der Waals surface area contributed by atoms with E-state index in [1.54, 1.807) is 0 Å². The van der Waals surface area contributed by atoms with Crippen LogP contribution in [0.1, 0.15) is 32.3 Å². The Morgan fingerprint density at radius 2 is 1.88 bits per heavy atom. The van der Waals surface area contributed by atoms with Gasteiger partial charge < -0.3 is 9.64 Å². The number of benzene rings is 1. The SMILES string of the molecule is C[C@@H]1CN(Cc2ccccc2)C[C@H](C)C1N(C)C(=O)[C@H]1CCCOC1. The number of likely N-dealkylation sites (tertiary alicyclic amines) is 1. The van der Waals surface area contributed by atoms with E-state index in [4.69, 9.17) is 4.74 Å². The molecule has 1 unspecified atom stereocenters. The summed E-state index contributed by atoms with van der Waals surface area (Å²) in [6.07, 6.45) is 1.98. The van der Waals surface area contributed by atoms with Gasteiger partial charge in [0.25, 0.3) is 0 Å². The fraction of sp³-hybridized carbons (Fsp3) is 0.667. The van der Waals surface area contributed by atoms with Crippen LogP contribution < -0.4 is 0 Å². The Labute approximate surface area is 152 Å². The van der Waals surface area contributed by atoms with Crippen LogP contribution in [0.5, 0.6) is 0 Å². The lowest BCUT2D eigenvalue weighted by Crippen LogP contribution is -2.56. The smallest absolute Gasteiger partial charge is 0.228 e. The lowest BCUT2D eigenvalue weighted by Gasteiger charge is -2.46. The van der Waals surface area contributed by atoms with E-state index in [-0.39, 0.29) is 11.8 Å². The molecule has 0 radical (unpaired) electrons. The predicted octanol–water partition coefficient (Wildman–Crippen LogP) is 3.03. The molecule has 1 aromatic carbocycles. The third kappa shape index (κ3) is 4.42. The minimum absolute atomic E-state index is 0.0560. The molecular formula is C21H32N2O2. The fourth-order valence-electron chi connectivity index (χ4n) is 4.77. The molecule has 2 aliphatic heterocycles. The number of piperidine rings is 1. The largest absolute Gasteiger partial charge is 0.381 e. The second-order valence-corrected chi connectivity index (χ2v) is 7.99. The van der Waals surface area contributed by atoms with Crippen molar-refractivity contribution in [3.63, 3.8) is 0 Å². The van der Waals surface area contributed by atoms with Crippen LogP contribution in [-0.2, 0) is 16.1 Å². The van der Waals surface area contributed by atoms with E-state index in [0.717, 1.165) is 39.1 Å². The van der Waals surface area contributed by atoms with Crippen LogP contribution in [0.4, 0.5) is 0 Å². The van der Waals surface area contributed by atoms with Crippen molar-refractivity contribution in [1.29, 1.82) is 0 Å². The molecule has 2 fully saturated rings. The van der Waals surface area contributed by atoms with Gasteiger partial charge >= 0.3 is 0 Å². The van der Waals surface area contributed by atoms with Gasteiger partial charge in [-0.25, -0.2) is 0 Å². The zero-order valence-corrected chi connectivity index (χ0v) is 15.9. The second kappa shape index (κ2) is 8.33. The molecule has 0 bridgehead atoms. The number of rotatable bonds is 4. The Bertz CT molecular complexity index is 544. The first-order valence-corrected chi connectivity index (χ1v) is 9.67. The van der Waals surface area contributed by atoms with Gasteiger partial charge in [-0.05, 0) is 30.2 Å². The molecule has 2 saturated heterocycles. The molecule has 4 heteroatoms. The van der Waals surface area contributed by atoms with Gasteiger partial charge in [0.05, 0.1) is 12.5 Å². The Morgan fingerprint density at radius 1 is 1.20 bits per heavy atom.